The predicted molar refractivity (Wildman–Crippen MR) is 201 cm³/mol. The van der Waals surface area contributed by atoms with Gasteiger partial charge in [0, 0.05) is 31.3 Å². The molecular formula is C41H51N5O6. The summed E-state index contributed by atoms with van der Waals surface area (Å²) in [6, 6.07) is 23.2. The Kier molecular flexibility index (Phi) is 15.1. The van der Waals surface area contributed by atoms with Crippen LogP contribution in [0.1, 0.15) is 63.6 Å². The number of alkyl carbamates (subject to hydrolysis) is 1. The molecule has 0 saturated heterocycles. The molecule has 4 amide bonds. The van der Waals surface area contributed by atoms with Gasteiger partial charge in [-0.25, -0.2) is 4.79 Å². The Morgan fingerprint density at radius 3 is 2.13 bits per heavy atom. The summed E-state index contributed by atoms with van der Waals surface area (Å²) in [6.07, 6.45) is 2.43. The minimum absolute atomic E-state index is 0.0102. The van der Waals surface area contributed by atoms with E-state index in [2.05, 4.69) is 26.3 Å². The third-order valence-corrected chi connectivity index (χ3v) is 8.85. The molecule has 1 aromatic heterocycles. The van der Waals surface area contributed by atoms with Crippen molar-refractivity contribution in [3.63, 3.8) is 0 Å². The van der Waals surface area contributed by atoms with Crippen LogP contribution in [0.25, 0.3) is 10.8 Å². The molecule has 3 unspecified atom stereocenters. The van der Waals surface area contributed by atoms with Gasteiger partial charge in [-0.1, -0.05) is 99.6 Å². The molecule has 11 heteroatoms. The van der Waals surface area contributed by atoms with Crippen molar-refractivity contribution in [3.05, 3.63) is 114 Å². The molecule has 5 N–H and O–H groups in total. The van der Waals surface area contributed by atoms with E-state index in [0.717, 1.165) is 28.3 Å². The number of fused-ring (bicyclic) bond motifs is 1. The summed E-state index contributed by atoms with van der Waals surface area (Å²) in [5.74, 6) is -1.37. The second-order valence-corrected chi connectivity index (χ2v) is 13.6. The average molecular weight is 710 g/mol. The minimum atomic E-state index is -1.16. The van der Waals surface area contributed by atoms with E-state index in [1.807, 2.05) is 100 Å². The van der Waals surface area contributed by atoms with Crippen molar-refractivity contribution >= 4 is 34.6 Å². The zero-order chi connectivity index (χ0) is 37.5. The number of carbonyl (C=O) groups excluding carboxylic acids is 4. The number of benzene rings is 3. The van der Waals surface area contributed by atoms with E-state index in [9.17, 15) is 24.3 Å². The fourth-order valence-electron chi connectivity index (χ4n) is 5.91. The molecule has 0 aliphatic carbocycles. The summed E-state index contributed by atoms with van der Waals surface area (Å²) >= 11 is 0. The van der Waals surface area contributed by atoms with E-state index in [4.69, 9.17) is 4.74 Å². The van der Waals surface area contributed by atoms with E-state index in [0.29, 0.717) is 12.0 Å². The smallest absolute Gasteiger partial charge is 0.408 e. The molecule has 0 saturated carbocycles. The minimum Gasteiger partial charge on any atom is -0.445 e. The molecular weight excluding hydrogens is 658 g/mol. The quantitative estimate of drug-likeness (QED) is 0.0973. The second kappa shape index (κ2) is 19.9. The van der Waals surface area contributed by atoms with Crippen molar-refractivity contribution in [2.24, 2.45) is 5.92 Å². The predicted octanol–water partition coefficient (Wildman–Crippen LogP) is 5.00. The van der Waals surface area contributed by atoms with Crippen LogP contribution in [0.3, 0.4) is 0 Å². The molecule has 0 bridgehead atoms. The van der Waals surface area contributed by atoms with Gasteiger partial charge in [0.2, 0.25) is 17.7 Å². The monoisotopic (exact) mass is 709 g/mol. The SMILES string of the molecule is CCC(C)NC(=O)CC(O)C(CC(C)C)NC(=O)[C@H](Cc1cccnc1)NC(=O)[C@H](Cc1cccc2ccccc12)NC(=O)OCc1ccccc1. The Morgan fingerprint density at radius 1 is 0.750 bits per heavy atom. The number of aromatic nitrogens is 1. The van der Waals surface area contributed by atoms with Crippen LogP contribution in [0.4, 0.5) is 4.79 Å². The second-order valence-electron chi connectivity index (χ2n) is 13.6. The van der Waals surface area contributed by atoms with Gasteiger partial charge in [-0.05, 0) is 59.2 Å². The van der Waals surface area contributed by atoms with Crippen LogP contribution in [0.15, 0.2) is 97.3 Å². The molecule has 0 aliphatic rings. The number of aliphatic hydroxyl groups excluding tert-OH is 1. The molecule has 4 aromatic rings. The van der Waals surface area contributed by atoms with Crippen LogP contribution in [0, 0.1) is 5.92 Å². The summed E-state index contributed by atoms with van der Waals surface area (Å²) in [5.41, 5.74) is 2.31. The van der Waals surface area contributed by atoms with Crippen molar-refractivity contribution in [1.29, 1.82) is 0 Å². The third-order valence-electron chi connectivity index (χ3n) is 8.85. The number of nitrogens with zero attached hydrogens (tertiary/aromatic N) is 1. The van der Waals surface area contributed by atoms with Crippen molar-refractivity contribution in [1.82, 2.24) is 26.3 Å². The number of pyridine rings is 1. The van der Waals surface area contributed by atoms with Gasteiger partial charge in [-0.15, -0.1) is 0 Å². The van der Waals surface area contributed by atoms with Gasteiger partial charge in [0.15, 0.2) is 0 Å². The highest BCUT2D eigenvalue weighted by Crippen LogP contribution is 2.20. The number of ether oxygens (including phenoxy) is 1. The third kappa shape index (κ3) is 12.5. The molecule has 4 rings (SSSR count). The van der Waals surface area contributed by atoms with Gasteiger partial charge < -0.3 is 31.1 Å². The van der Waals surface area contributed by atoms with Gasteiger partial charge in [-0.3, -0.25) is 19.4 Å². The van der Waals surface area contributed by atoms with Crippen LogP contribution in [-0.2, 0) is 38.6 Å². The Hall–Kier alpha value is -5.29. The average Bonchev–Trinajstić information content (AvgIpc) is 3.13. The number of hydrogen-bond acceptors (Lipinski definition) is 7. The first-order valence-electron chi connectivity index (χ1n) is 17.9. The highest BCUT2D eigenvalue weighted by atomic mass is 16.5. The lowest BCUT2D eigenvalue weighted by molar-refractivity contribution is -0.131. The largest absolute Gasteiger partial charge is 0.445 e. The number of carbonyl (C=O) groups is 4. The van der Waals surface area contributed by atoms with Crippen molar-refractivity contribution in [2.45, 2.75) is 96.7 Å². The van der Waals surface area contributed by atoms with E-state index in [1.54, 1.807) is 24.5 Å². The van der Waals surface area contributed by atoms with Crippen LogP contribution in [0.2, 0.25) is 0 Å². The van der Waals surface area contributed by atoms with Gasteiger partial charge in [0.25, 0.3) is 0 Å². The number of nitrogens with one attached hydrogen (secondary N) is 4. The lowest BCUT2D eigenvalue weighted by atomic mass is 9.95. The molecule has 0 aliphatic heterocycles. The van der Waals surface area contributed by atoms with E-state index < -0.39 is 42.1 Å². The fourth-order valence-corrected chi connectivity index (χ4v) is 5.91. The molecule has 11 nitrogen and oxygen atoms in total. The lowest BCUT2D eigenvalue weighted by Crippen LogP contribution is -2.57. The van der Waals surface area contributed by atoms with E-state index >= 15 is 0 Å². The zero-order valence-corrected chi connectivity index (χ0v) is 30.4. The van der Waals surface area contributed by atoms with Gasteiger partial charge in [0.1, 0.15) is 18.7 Å². The van der Waals surface area contributed by atoms with E-state index in [1.165, 1.54) is 0 Å². The number of aliphatic hydroxyl groups is 1. The van der Waals surface area contributed by atoms with Crippen LogP contribution in [-0.4, -0.2) is 64.2 Å². The summed E-state index contributed by atoms with van der Waals surface area (Å²) in [5, 5.41) is 24.4. The Balaban J connectivity index is 1.58. The Bertz CT molecular complexity index is 1750. The summed E-state index contributed by atoms with van der Waals surface area (Å²) in [4.78, 5) is 58.2. The van der Waals surface area contributed by atoms with Crippen molar-refractivity contribution in [3.8, 4) is 0 Å². The van der Waals surface area contributed by atoms with Gasteiger partial charge in [0.05, 0.1) is 18.6 Å². The van der Waals surface area contributed by atoms with Crippen molar-refractivity contribution < 1.29 is 29.0 Å². The van der Waals surface area contributed by atoms with Gasteiger partial charge in [-0.2, -0.15) is 0 Å². The first-order chi connectivity index (χ1) is 25.0. The molecule has 276 valence electrons. The molecule has 0 fully saturated rings. The number of amides is 4. The Labute approximate surface area is 305 Å². The maximum absolute atomic E-state index is 14.2. The zero-order valence-electron chi connectivity index (χ0n) is 30.4. The summed E-state index contributed by atoms with van der Waals surface area (Å²) in [7, 11) is 0. The summed E-state index contributed by atoms with van der Waals surface area (Å²) < 4.78 is 5.48. The molecule has 5 atom stereocenters. The molecule has 52 heavy (non-hydrogen) atoms. The first kappa shape index (κ1) is 39.5. The molecule has 0 spiro atoms. The first-order valence-corrected chi connectivity index (χ1v) is 17.9. The van der Waals surface area contributed by atoms with Gasteiger partial charge >= 0.3 is 6.09 Å². The molecule has 0 radical (unpaired) electrons. The van der Waals surface area contributed by atoms with Crippen molar-refractivity contribution in [2.75, 3.05) is 0 Å². The lowest BCUT2D eigenvalue weighted by Gasteiger charge is -2.29. The van der Waals surface area contributed by atoms with Crippen LogP contribution in [0.5, 0.6) is 0 Å². The van der Waals surface area contributed by atoms with Crippen LogP contribution >= 0.6 is 0 Å². The maximum Gasteiger partial charge on any atom is 0.408 e. The topological polar surface area (TPSA) is 159 Å². The van der Waals surface area contributed by atoms with E-state index in [-0.39, 0.29) is 43.7 Å². The summed E-state index contributed by atoms with van der Waals surface area (Å²) in [6.45, 7) is 7.77. The fraction of sp³-hybridized carbons (Fsp3) is 0.390. The maximum atomic E-state index is 14.2. The number of hydrogen-bond donors (Lipinski definition) is 5. The molecule has 1 heterocycles. The number of rotatable bonds is 18. The molecule has 3 aromatic carbocycles. The Morgan fingerprint density at radius 2 is 1.42 bits per heavy atom. The standard InChI is InChI=1S/C41H51N5O6/c1-5-28(4)43-38(48)24-37(47)34(21-27(2)3)44-39(49)35(22-30-15-12-20-42-25-30)45-40(50)36(46-41(51)52-26-29-13-7-6-8-14-29)23-32-18-11-17-31-16-9-10-19-33(31)32/h6-20,25,27-28,34-37,47H,5,21-24,26H2,1-4H3,(H,43,48)(H,44,49)(H,45,50)(H,46,51)/t28?,34?,35-,36-,37?/m0/s1. The normalized spacial score (nSPS) is 14.0. The highest BCUT2D eigenvalue weighted by Gasteiger charge is 2.32. The van der Waals surface area contributed by atoms with Crippen LogP contribution < -0.4 is 21.3 Å². The highest BCUT2D eigenvalue weighted by molar-refractivity contribution is 5.93.